The number of aromatic nitrogens is 4. The Bertz CT molecular complexity index is 1380. The molecular formula is C21H18Cl2N4O3. The van der Waals surface area contributed by atoms with Gasteiger partial charge in [-0.05, 0) is 48.4 Å². The number of nitrogens with zero attached hydrogens (tertiary/aromatic N) is 4. The van der Waals surface area contributed by atoms with Gasteiger partial charge in [0.25, 0.3) is 5.56 Å². The zero-order valence-electron chi connectivity index (χ0n) is 16.5. The van der Waals surface area contributed by atoms with Gasteiger partial charge in [0, 0.05) is 24.1 Å². The van der Waals surface area contributed by atoms with E-state index < -0.39 is 11.2 Å². The second kappa shape index (κ2) is 7.66. The summed E-state index contributed by atoms with van der Waals surface area (Å²) in [6, 6.07) is 12.7. The van der Waals surface area contributed by atoms with E-state index in [0.29, 0.717) is 22.3 Å². The minimum Gasteiger partial charge on any atom is -0.425 e. The lowest BCUT2D eigenvalue weighted by atomic mass is 10.2. The van der Waals surface area contributed by atoms with Crippen LogP contribution in [0.2, 0.25) is 10.0 Å². The zero-order valence-corrected chi connectivity index (χ0v) is 18.0. The van der Waals surface area contributed by atoms with E-state index in [1.165, 1.54) is 11.6 Å². The molecule has 0 aliphatic carbocycles. The van der Waals surface area contributed by atoms with E-state index in [0.717, 1.165) is 15.7 Å². The van der Waals surface area contributed by atoms with Crippen molar-refractivity contribution in [3.63, 3.8) is 0 Å². The van der Waals surface area contributed by atoms with Crippen molar-refractivity contribution in [3.8, 4) is 11.8 Å². The molecule has 0 radical (unpaired) electrons. The fraction of sp³-hybridized carbons (Fsp3) is 0.190. The van der Waals surface area contributed by atoms with E-state index in [2.05, 4.69) is 4.98 Å². The van der Waals surface area contributed by atoms with E-state index in [9.17, 15) is 9.59 Å². The molecule has 0 aliphatic rings. The second-order valence-corrected chi connectivity index (χ2v) is 7.87. The minimum absolute atomic E-state index is 0.198. The molecule has 7 nitrogen and oxygen atoms in total. The fourth-order valence-electron chi connectivity index (χ4n) is 3.25. The average molecular weight is 445 g/mol. The number of hydrogen-bond acceptors (Lipinski definition) is 4. The van der Waals surface area contributed by atoms with Crippen LogP contribution in [0.3, 0.4) is 0 Å². The maximum atomic E-state index is 12.9. The van der Waals surface area contributed by atoms with Crippen LogP contribution in [0, 0.1) is 6.92 Å². The lowest BCUT2D eigenvalue weighted by Gasteiger charge is -2.12. The van der Waals surface area contributed by atoms with Gasteiger partial charge in [-0.25, -0.2) is 4.79 Å². The van der Waals surface area contributed by atoms with Crippen LogP contribution in [0.5, 0.6) is 11.8 Å². The Balaban J connectivity index is 1.94. The number of halogens is 2. The SMILES string of the molecule is Cc1cc(Cl)ccc1Oc1nc2c(c(=O)n(C)c(=O)n2C)n1Cc1ccc(Cl)cc1. The molecule has 2 aromatic carbocycles. The van der Waals surface area contributed by atoms with Crippen LogP contribution >= 0.6 is 23.2 Å². The number of benzene rings is 2. The number of hydrogen-bond donors (Lipinski definition) is 0. The quantitative estimate of drug-likeness (QED) is 0.478. The van der Waals surface area contributed by atoms with Crippen molar-refractivity contribution < 1.29 is 4.74 Å². The van der Waals surface area contributed by atoms with E-state index >= 15 is 0 Å². The third-order valence-electron chi connectivity index (χ3n) is 4.91. The van der Waals surface area contributed by atoms with Gasteiger partial charge in [-0.15, -0.1) is 0 Å². The van der Waals surface area contributed by atoms with Crippen molar-refractivity contribution in [2.45, 2.75) is 13.5 Å². The van der Waals surface area contributed by atoms with Crippen molar-refractivity contribution in [1.82, 2.24) is 18.7 Å². The van der Waals surface area contributed by atoms with Gasteiger partial charge in [0.15, 0.2) is 11.2 Å². The second-order valence-electron chi connectivity index (χ2n) is 7.00. The normalized spacial score (nSPS) is 11.2. The van der Waals surface area contributed by atoms with E-state index in [1.54, 1.807) is 41.9 Å². The zero-order chi connectivity index (χ0) is 21.6. The van der Waals surface area contributed by atoms with Crippen molar-refractivity contribution in [2.24, 2.45) is 14.1 Å². The lowest BCUT2D eigenvalue weighted by molar-refractivity contribution is 0.418. The summed E-state index contributed by atoms with van der Waals surface area (Å²) in [7, 11) is 3.01. The summed E-state index contributed by atoms with van der Waals surface area (Å²) in [4.78, 5) is 29.8. The molecule has 0 bridgehead atoms. The molecule has 2 aromatic heterocycles. The summed E-state index contributed by atoms with van der Waals surface area (Å²) >= 11 is 12.0. The predicted molar refractivity (Wildman–Crippen MR) is 117 cm³/mol. The highest BCUT2D eigenvalue weighted by atomic mass is 35.5. The molecule has 30 heavy (non-hydrogen) atoms. The number of fused-ring (bicyclic) bond motifs is 1. The molecule has 0 saturated heterocycles. The van der Waals surface area contributed by atoms with Crippen LogP contribution in [0.15, 0.2) is 52.1 Å². The third kappa shape index (κ3) is 3.51. The molecule has 0 fully saturated rings. The highest BCUT2D eigenvalue weighted by Gasteiger charge is 2.21. The van der Waals surface area contributed by atoms with E-state index in [4.69, 9.17) is 27.9 Å². The molecule has 154 valence electrons. The predicted octanol–water partition coefficient (Wildman–Crippen LogP) is 3.89. The van der Waals surface area contributed by atoms with Gasteiger partial charge in [-0.1, -0.05) is 35.3 Å². The van der Waals surface area contributed by atoms with Gasteiger partial charge < -0.3 is 4.74 Å². The Hall–Kier alpha value is -3.03. The molecular weight excluding hydrogens is 427 g/mol. The molecule has 0 spiro atoms. The standard InChI is InChI=1S/C21H18Cl2N4O3/c1-12-10-15(23)8-9-16(12)30-20-24-18-17(19(28)26(3)21(29)25(18)2)27(20)11-13-4-6-14(22)7-5-13/h4-10H,11H2,1-3H3. The first kappa shape index (κ1) is 20.3. The summed E-state index contributed by atoms with van der Waals surface area (Å²) in [5.41, 5.74) is 1.33. The molecule has 0 unspecified atom stereocenters. The van der Waals surface area contributed by atoms with Crippen molar-refractivity contribution in [1.29, 1.82) is 0 Å². The molecule has 9 heteroatoms. The fourth-order valence-corrected chi connectivity index (χ4v) is 3.60. The summed E-state index contributed by atoms with van der Waals surface area (Å²) in [5.74, 6) is 0.550. The lowest BCUT2D eigenvalue weighted by Crippen LogP contribution is -2.37. The van der Waals surface area contributed by atoms with Crippen LogP contribution in [0.4, 0.5) is 0 Å². The Morgan fingerprint density at radius 2 is 1.63 bits per heavy atom. The Morgan fingerprint density at radius 3 is 2.30 bits per heavy atom. The van der Waals surface area contributed by atoms with Crippen LogP contribution < -0.4 is 16.0 Å². The Labute approximate surface area is 181 Å². The first-order valence-corrected chi connectivity index (χ1v) is 9.86. The molecule has 4 aromatic rings. The molecule has 0 aliphatic heterocycles. The first-order chi connectivity index (χ1) is 14.3. The molecule has 0 amide bonds. The van der Waals surface area contributed by atoms with Gasteiger partial charge in [-0.3, -0.25) is 18.5 Å². The van der Waals surface area contributed by atoms with Gasteiger partial charge in [0.2, 0.25) is 0 Å². The molecule has 0 atom stereocenters. The van der Waals surface area contributed by atoms with Crippen LogP contribution in [-0.2, 0) is 20.6 Å². The number of imidazole rings is 1. The minimum atomic E-state index is -0.460. The molecule has 0 saturated carbocycles. The molecule has 0 N–H and O–H groups in total. The topological polar surface area (TPSA) is 71.1 Å². The number of aryl methyl sites for hydroxylation is 2. The van der Waals surface area contributed by atoms with Gasteiger partial charge in [-0.2, -0.15) is 4.98 Å². The van der Waals surface area contributed by atoms with Crippen LogP contribution in [0.25, 0.3) is 11.2 Å². The highest BCUT2D eigenvalue weighted by Crippen LogP contribution is 2.29. The Kier molecular flexibility index (Phi) is 5.17. The maximum absolute atomic E-state index is 12.9. The van der Waals surface area contributed by atoms with E-state index in [1.807, 2.05) is 19.1 Å². The third-order valence-corrected chi connectivity index (χ3v) is 5.39. The van der Waals surface area contributed by atoms with Crippen molar-refractivity contribution in [3.05, 3.63) is 84.5 Å². The monoisotopic (exact) mass is 444 g/mol. The summed E-state index contributed by atoms with van der Waals surface area (Å²) in [6.07, 6.45) is 0. The summed E-state index contributed by atoms with van der Waals surface area (Å²) < 4.78 is 10.1. The van der Waals surface area contributed by atoms with Gasteiger partial charge in [0.1, 0.15) is 5.75 Å². The highest BCUT2D eigenvalue weighted by molar-refractivity contribution is 6.30. The molecule has 2 heterocycles. The molecule has 4 rings (SSSR count). The van der Waals surface area contributed by atoms with Crippen molar-refractivity contribution >= 4 is 34.4 Å². The van der Waals surface area contributed by atoms with Gasteiger partial charge >= 0.3 is 11.7 Å². The largest absolute Gasteiger partial charge is 0.425 e. The van der Waals surface area contributed by atoms with Crippen LogP contribution in [0.1, 0.15) is 11.1 Å². The van der Waals surface area contributed by atoms with Crippen molar-refractivity contribution in [2.75, 3.05) is 0 Å². The number of rotatable bonds is 4. The summed E-state index contributed by atoms with van der Waals surface area (Å²) in [5, 5.41) is 1.20. The number of ether oxygens (including phenoxy) is 1. The average Bonchev–Trinajstić information content (AvgIpc) is 3.06. The first-order valence-electron chi connectivity index (χ1n) is 9.11. The van der Waals surface area contributed by atoms with Crippen LogP contribution in [-0.4, -0.2) is 18.7 Å². The summed E-state index contributed by atoms with van der Waals surface area (Å²) in [6.45, 7) is 2.17. The maximum Gasteiger partial charge on any atom is 0.332 e. The smallest absolute Gasteiger partial charge is 0.332 e. The van der Waals surface area contributed by atoms with E-state index in [-0.39, 0.29) is 17.2 Å². The Morgan fingerprint density at radius 1 is 0.967 bits per heavy atom. The van der Waals surface area contributed by atoms with Gasteiger partial charge in [0.05, 0.1) is 6.54 Å².